The highest BCUT2D eigenvalue weighted by molar-refractivity contribution is 6.23. The number of anilines is 2. The average Bonchev–Trinajstić information content (AvgIpc) is 4.19. The predicted octanol–water partition coefficient (Wildman–Crippen LogP) is 6.54. The predicted molar refractivity (Wildman–Crippen MR) is 255 cm³/mol. The molecule has 5 aliphatic heterocycles. The Labute approximate surface area is 397 Å². The second kappa shape index (κ2) is 17.0. The summed E-state index contributed by atoms with van der Waals surface area (Å²) in [6, 6.07) is 23.2. The van der Waals surface area contributed by atoms with Crippen molar-refractivity contribution in [3.05, 3.63) is 113 Å². The molecule has 3 N–H and O–H groups in total. The van der Waals surface area contributed by atoms with Gasteiger partial charge in [0.1, 0.15) is 11.9 Å². The van der Waals surface area contributed by atoms with Crippen molar-refractivity contribution in [3.8, 4) is 22.4 Å². The van der Waals surface area contributed by atoms with Crippen LogP contribution in [0.3, 0.4) is 0 Å². The molecule has 69 heavy (non-hydrogen) atoms. The molecule has 4 fully saturated rings. The number of nitrogens with zero attached hydrogens (tertiary/aromatic N) is 7. The van der Waals surface area contributed by atoms with Gasteiger partial charge in [0.25, 0.3) is 11.8 Å². The number of piperazine rings is 1. The molecule has 5 amide bonds. The third-order valence-electron chi connectivity index (χ3n) is 14.8. The molecule has 0 radical (unpaired) electrons. The zero-order valence-electron chi connectivity index (χ0n) is 39.0. The van der Waals surface area contributed by atoms with E-state index in [2.05, 4.69) is 84.2 Å². The third-order valence-corrected chi connectivity index (χ3v) is 14.8. The smallest absolute Gasteiger partial charge is 0.315 e. The maximum atomic E-state index is 15.7. The Balaban J connectivity index is 0.682. The molecule has 16 nitrogen and oxygen atoms in total. The number of nitrogens with one attached hydrogen (secondary N) is 3. The van der Waals surface area contributed by atoms with Gasteiger partial charge in [0.2, 0.25) is 11.8 Å². The van der Waals surface area contributed by atoms with Crippen molar-refractivity contribution in [2.45, 2.75) is 89.9 Å². The van der Waals surface area contributed by atoms with Crippen molar-refractivity contribution in [1.82, 2.24) is 40.8 Å². The molecule has 1 unspecified atom stereocenters. The van der Waals surface area contributed by atoms with Gasteiger partial charge in [-0.1, -0.05) is 56.3 Å². The Morgan fingerprint density at radius 1 is 0.870 bits per heavy atom. The fraction of sp³-hybridized carbons (Fsp3) is 0.385. The van der Waals surface area contributed by atoms with Crippen LogP contribution in [0.1, 0.15) is 101 Å². The second-order valence-electron chi connectivity index (χ2n) is 20.3. The lowest BCUT2D eigenvalue weighted by Gasteiger charge is -2.40. The minimum Gasteiger partial charge on any atom is -0.372 e. The number of amides is 5. The summed E-state index contributed by atoms with van der Waals surface area (Å²) in [4.78, 5) is 75.9. The summed E-state index contributed by atoms with van der Waals surface area (Å²) in [5.41, 5.74) is 8.23. The molecule has 6 aromatic rings. The van der Waals surface area contributed by atoms with E-state index in [1.807, 2.05) is 44.7 Å². The van der Waals surface area contributed by atoms with Crippen molar-refractivity contribution < 1.29 is 32.9 Å². The highest BCUT2D eigenvalue weighted by atomic mass is 19.1. The van der Waals surface area contributed by atoms with Crippen LogP contribution in [-0.4, -0.2) is 111 Å². The number of aryl methyl sites for hydroxylation is 1. The van der Waals surface area contributed by atoms with Crippen LogP contribution in [0.5, 0.6) is 0 Å². The van der Waals surface area contributed by atoms with Crippen LogP contribution in [0, 0.1) is 18.7 Å². The maximum Gasteiger partial charge on any atom is 0.315 e. The van der Waals surface area contributed by atoms with Gasteiger partial charge in [-0.05, 0) is 103 Å². The second-order valence-corrected chi connectivity index (χ2v) is 20.3. The van der Waals surface area contributed by atoms with Gasteiger partial charge >= 0.3 is 11.8 Å². The number of aromatic amines is 1. The molecule has 5 aliphatic rings. The molecular weight excluding hydrogens is 880 g/mol. The molecule has 2 aromatic heterocycles. The van der Waals surface area contributed by atoms with E-state index in [-0.39, 0.29) is 47.4 Å². The Kier molecular flexibility index (Phi) is 10.9. The lowest BCUT2D eigenvalue weighted by molar-refractivity contribution is -0.136. The summed E-state index contributed by atoms with van der Waals surface area (Å²) < 4.78 is 20.9. The summed E-state index contributed by atoms with van der Waals surface area (Å²) in [6.07, 6.45) is 3.13. The molecule has 2 bridgehead atoms. The number of piperidine rings is 2. The van der Waals surface area contributed by atoms with Crippen molar-refractivity contribution in [1.29, 1.82) is 0 Å². The number of halogens is 1. The lowest BCUT2D eigenvalue weighted by atomic mass is 9.95. The summed E-state index contributed by atoms with van der Waals surface area (Å²) >= 11 is 0. The number of rotatable bonds is 10. The molecule has 354 valence electrons. The number of carbonyl (C=O) groups is 5. The van der Waals surface area contributed by atoms with Gasteiger partial charge in [0.15, 0.2) is 5.82 Å². The van der Waals surface area contributed by atoms with Gasteiger partial charge in [-0.15, -0.1) is 0 Å². The van der Waals surface area contributed by atoms with Gasteiger partial charge in [-0.25, -0.2) is 4.39 Å². The molecule has 17 heteroatoms. The lowest BCUT2D eigenvalue weighted by Crippen LogP contribution is -2.54. The van der Waals surface area contributed by atoms with E-state index in [0.29, 0.717) is 30.5 Å². The normalized spacial score (nSPS) is 20.9. The number of H-pyrrole nitrogens is 1. The van der Waals surface area contributed by atoms with Crippen molar-refractivity contribution in [3.63, 3.8) is 0 Å². The Morgan fingerprint density at radius 2 is 1.61 bits per heavy atom. The molecular formula is C52H53FN10O6. The van der Waals surface area contributed by atoms with Crippen molar-refractivity contribution in [2.75, 3.05) is 42.5 Å². The first-order valence-electron chi connectivity index (χ1n) is 23.8. The monoisotopic (exact) mass is 932 g/mol. The molecule has 0 saturated carbocycles. The largest absolute Gasteiger partial charge is 0.372 e. The summed E-state index contributed by atoms with van der Waals surface area (Å²) in [5.74, 6) is -2.46. The Bertz CT molecular complexity index is 3080. The summed E-state index contributed by atoms with van der Waals surface area (Å²) in [7, 11) is 0. The zero-order chi connectivity index (χ0) is 47.9. The van der Waals surface area contributed by atoms with Crippen LogP contribution in [-0.2, 0) is 21.5 Å². The number of imide groups is 2. The number of hydrogen-bond acceptors (Lipinski definition) is 12. The van der Waals surface area contributed by atoms with E-state index in [0.717, 1.165) is 101 Å². The molecule has 11 rings (SSSR count). The average molecular weight is 933 g/mol. The fourth-order valence-electron chi connectivity index (χ4n) is 10.9. The van der Waals surface area contributed by atoms with Crippen LogP contribution in [0.15, 0.2) is 77.3 Å². The fourth-order valence-corrected chi connectivity index (χ4v) is 10.9. The summed E-state index contributed by atoms with van der Waals surface area (Å²) in [5, 5.41) is 18.0. The van der Waals surface area contributed by atoms with Crippen molar-refractivity contribution in [2.24, 2.45) is 5.92 Å². The standard InChI is InChI=1S/C52H53FN10O6/c1-28-19-32(5-6-33(28)24-54-47(66)48-56-51(59-69-48)52(2,3)4)45-39-20-31(9-12-41(39)57-58-45)30-7-10-34(11-8-30)60-17-15-29(16-18-60)25-61-26-36-21-35(61)27-62(36)43-23-38-37(22-40(43)53)49(67)63(50(38)68)42-13-14-44(64)55-46(42)65/h5-12,19-20,22-23,29,35-36,42H,13-18,21,24-27H2,1-4H3,(H,54,66)(H,57,58)(H,55,64,65)/t35-,36-,42?/m0/s1. The van der Waals surface area contributed by atoms with Gasteiger partial charge in [0.05, 0.1) is 28.0 Å². The first-order valence-corrected chi connectivity index (χ1v) is 23.8. The zero-order valence-corrected chi connectivity index (χ0v) is 39.0. The van der Waals surface area contributed by atoms with Gasteiger partial charge in [0, 0.05) is 79.8 Å². The van der Waals surface area contributed by atoms with Crippen LogP contribution < -0.4 is 20.4 Å². The van der Waals surface area contributed by atoms with E-state index in [4.69, 9.17) is 9.62 Å². The van der Waals surface area contributed by atoms with Crippen LogP contribution >= 0.6 is 0 Å². The van der Waals surface area contributed by atoms with E-state index < -0.39 is 41.4 Å². The molecule has 4 aromatic carbocycles. The third kappa shape index (κ3) is 8.11. The Hall–Kier alpha value is -7.27. The Morgan fingerprint density at radius 3 is 2.30 bits per heavy atom. The van der Waals surface area contributed by atoms with Crippen LogP contribution in [0.4, 0.5) is 15.8 Å². The highest BCUT2D eigenvalue weighted by Gasteiger charge is 2.48. The highest BCUT2D eigenvalue weighted by Crippen LogP contribution is 2.40. The SMILES string of the molecule is Cc1cc(-c2n[nH]c3ccc(-c4ccc(N5CCC(CN6C[C@@H]7C[C@H]6CN7c6cc7c(cc6F)C(=O)N(C6CCC(=O)NC6=O)C7=O)CC5)cc4)cc23)ccc1CNC(=O)c1nc(C(C)(C)C)no1. The number of benzene rings is 4. The minimum absolute atomic E-state index is 0.0227. The molecule has 4 saturated heterocycles. The topological polar surface area (TPSA) is 190 Å². The number of fused-ring (bicyclic) bond motifs is 4. The van der Waals surface area contributed by atoms with Crippen LogP contribution in [0.25, 0.3) is 33.3 Å². The first-order chi connectivity index (χ1) is 33.2. The summed E-state index contributed by atoms with van der Waals surface area (Å²) in [6.45, 7) is 12.6. The minimum atomic E-state index is -1.09. The van der Waals surface area contributed by atoms with Gasteiger partial charge in [-0.3, -0.25) is 44.2 Å². The number of likely N-dealkylation sites (tertiary alicyclic amines) is 1. The quantitative estimate of drug-likeness (QED) is 0.126. The molecule has 0 spiro atoms. The maximum absolute atomic E-state index is 15.7. The number of aromatic nitrogens is 4. The van der Waals surface area contributed by atoms with E-state index in [9.17, 15) is 24.0 Å². The molecule has 3 atom stereocenters. The van der Waals surface area contributed by atoms with Gasteiger partial charge in [-0.2, -0.15) is 10.1 Å². The number of hydrogen-bond donors (Lipinski definition) is 3. The van der Waals surface area contributed by atoms with E-state index >= 15 is 4.39 Å². The molecule has 0 aliphatic carbocycles. The van der Waals surface area contributed by atoms with Gasteiger partial charge < -0.3 is 19.6 Å². The van der Waals surface area contributed by atoms with E-state index in [1.165, 1.54) is 11.8 Å². The molecule has 7 heterocycles. The van der Waals surface area contributed by atoms with Crippen LogP contribution in [0.2, 0.25) is 0 Å². The number of carbonyl (C=O) groups excluding carboxylic acids is 5. The van der Waals surface area contributed by atoms with Crippen molar-refractivity contribution >= 4 is 51.8 Å². The van der Waals surface area contributed by atoms with E-state index in [1.54, 1.807) is 0 Å². The first kappa shape index (κ1) is 44.2.